The van der Waals surface area contributed by atoms with Crippen LogP contribution in [0.2, 0.25) is 10.0 Å². The highest BCUT2D eigenvalue weighted by Gasteiger charge is 2.09. The zero-order chi connectivity index (χ0) is 13.1. The average molecular weight is 283 g/mol. The van der Waals surface area contributed by atoms with E-state index in [0.29, 0.717) is 16.1 Å². The van der Waals surface area contributed by atoms with E-state index in [1.165, 1.54) is 5.69 Å². The van der Waals surface area contributed by atoms with E-state index >= 15 is 0 Å². The quantitative estimate of drug-likeness (QED) is 0.893. The molecule has 1 aromatic heterocycles. The molecule has 1 atom stereocenters. The molecule has 0 spiro atoms. The normalized spacial score (nSPS) is 12.7. The van der Waals surface area contributed by atoms with Gasteiger partial charge in [0.2, 0.25) is 0 Å². The molecular formula is C14H16Cl2N2. The minimum atomic E-state index is 0.311. The lowest BCUT2D eigenvalue weighted by molar-refractivity contribution is 0.589. The Kier molecular flexibility index (Phi) is 4.33. The molecule has 2 rings (SSSR count). The fourth-order valence-electron chi connectivity index (χ4n) is 1.95. The number of nitrogens with one attached hydrogen (secondary N) is 1. The number of halogens is 2. The molecule has 1 aromatic carbocycles. The van der Waals surface area contributed by atoms with Gasteiger partial charge in [-0.2, -0.15) is 0 Å². The first kappa shape index (κ1) is 13.5. The molecule has 0 bridgehead atoms. The molecule has 0 aliphatic rings. The summed E-state index contributed by atoms with van der Waals surface area (Å²) in [5.74, 6) is 0. The Hall–Kier alpha value is -0.960. The number of nitrogens with zero attached hydrogens (tertiary/aromatic N) is 1. The molecule has 0 fully saturated rings. The summed E-state index contributed by atoms with van der Waals surface area (Å²) in [5.41, 5.74) is 2.31. The summed E-state index contributed by atoms with van der Waals surface area (Å²) < 4.78 is 2.19. The third-order valence-electron chi connectivity index (χ3n) is 3.10. The fraction of sp³-hybridized carbons (Fsp3) is 0.286. The molecule has 0 saturated heterocycles. The predicted octanol–water partition coefficient (Wildman–Crippen LogP) is 4.12. The number of hydrogen-bond acceptors (Lipinski definition) is 1. The minimum Gasteiger partial charge on any atom is -0.346 e. The summed E-state index contributed by atoms with van der Waals surface area (Å²) >= 11 is 12.1. The van der Waals surface area contributed by atoms with E-state index in [1.54, 1.807) is 6.07 Å². The maximum absolute atomic E-state index is 6.20. The van der Waals surface area contributed by atoms with Crippen molar-refractivity contribution in [3.05, 3.63) is 57.8 Å². The van der Waals surface area contributed by atoms with Gasteiger partial charge < -0.3 is 9.88 Å². The van der Waals surface area contributed by atoms with Gasteiger partial charge in [-0.25, -0.2) is 0 Å². The first-order chi connectivity index (χ1) is 8.61. The summed E-state index contributed by atoms with van der Waals surface area (Å²) in [6.07, 6.45) is 2.06. The number of hydrogen-bond donors (Lipinski definition) is 1. The van der Waals surface area contributed by atoms with Gasteiger partial charge in [0.25, 0.3) is 0 Å². The van der Waals surface area contributed by atoms with E-state index in [-0.39, 0.29) is 0 Å². The van der Waals surface area contributed by atoms with E-state index in [1.807, 2.05) is 25.2 Å². The largest absolute Gasteiger partial charge is 0.346 e. The summed E-state index contributed by atoms with van der Waals surface area (Å²) in [6, 6.07) is 10.1. The lowest BCUT2D eigenvalue weighted by Gasteiger charge is -2.15. The summed E-state index contributed by atoms with van der Waals surface area (Å²) in [5, 5.41) is 4.62. The van der Waals surface area contributed by atoms with Crippen LogP contribution in [0.1, 0.15) is 24.2 Å². The Balaban J connectivity index is 2.26. The Labute approximate surface area is 118 Å². The van der Waals surface area contributed by atoms with Crippen LogP contribution in [0.5, 0.6) is 0 Å². The Bertz CT molecular complexity index is 534. The molecule has 0 amide bonds. The van der Waals surface area contributed by atoms with Crippen LogP contribution in [0.15, 0.2) is 36.5 Å². The lowest BCUT2D eigenvalue weighted by atomic mass is 10.2. The van der Waals surface area contributed by atoms with Crippen molar-refractivity contribution in [3.63, 3.8) is 0 Å². The molecule has 1 N–H and O–H groups in total. The topological polar surface area (TPSA) is 17.0 Å². The highest BCUT2D eigenvalue weighted by atomic mass is 35.5. The van der Waals surface area contributed by atoms with E-state index in [2.05, 4.69) is 29.1 Å². The van der Waals surface area contributed by atoms with Crippen LogP contribution in [0.3, 0.4) is 0 Å². The fourth-order valence-corrected chi connectivity index (χ4v) is 2.41. The third-order valence-corrected chi connectivity index (χ3v) is 3.68. The van der Waals surface area contributed by atoms with Crippen molar-refractivity contribution in [2.45, 2.75) is 19.5 Å². The summed E-state index contributed by atoms with van der Waals surface area (Å²) in [4.78, 5) is 0. The van der Waals surface area contributed by atoms with Crippen LogP contribution in [0.4, 0.5) is 0 Å². The van der Waals surface area contributed by atoms with E-state index in [4.69, 9.17) is 23.2 Å². The highest BCUT2D eigenvalue weighted by Crippen LogP contribution is 2.23. The average Bonchev–Trinajstić information content (AvgIpc) is 2.80. The SMILES string of the molecule is CNC(C)c1cccn1Cc1ccc(Cl)cc1Cl. The van der Waals surface area contributed by atoms with Crippen LogP contribution >= 0.6 is 23.2 Å². The van der Waals surface area contributed by atoms with Crippen molar-refractivity contribution in [3.8, 4) is 0 Å². The second-order valence-corrected chi connectivity index (χ2v) is 5.15. The maximum Gasteiger partial charge on any atom is 0.0488 e. The predicted molar refractivity (Wildman–Crippen MR) is 77.5 cm³/mol. The molecule has 0 aliphatic heterocycles. The standard InChI is InChI=1S/C14H16Cl2N2/c1-10(17-2)14-4-3-7-18(14)9-11-5-6-12(15)8-13(11)16/h3-8,10,17H,9H2,1-2H3. The van der Waals surface area contributed by atoms with Gasteiger partial charge in [0.05, 0.1) is 0 Å². The van der Waals surface area contributed by atoms with Gasteiger partial charge in [-0.1, -0.05) is 29.3 Å². The zero-order valence-electron chi connectivity index (χ0n) is 10.5. The van der Waals surface area contributed by atoms with Crippen LogP contribution < -0.4 is 5.32 Å². The van der Waals surface area contributed by atoms with Crippen LogP contribution in [0.25, 0.3) is 0 Å². The molecular weight excluding hydrogens is 267 g/mol. The molecule has 4 heteroatoms. The number of benzene rings is 1. The Morgan fingerprint density at radius 3 is 2.72 bits per heavy atom. The first-order valence-corrected chi connectivity index (χ1v) is 6.63. The highest BCUT2D eigenvalue weighted by molar-refractivity contribution is 6.35. The van der Waals surface area contributed by atoms with Crippen LogP contribution in [-0.4, -0.2) is 11.6 Å². The number of aromatic nitrogens is 1. The van der Waals surface area contributed by atoms with Crippen molar-refractivity contribution >= 4 is 23.2 Å². The van der Waals surface area contributed by atoms with E-state index in [0.717, 1.165) is 12.1 Å². The van der Waals surface area contributed by atoms with Gasteiger partial charge in [-0.15, -0.1) is 0 Å². The van der Waals surface area contributed by atoms with Crippen molar-refractivity contribution in [1.29, 1.82) is 0 Å². The molecule has 0 saturated carbocycles. The van der Waals surface area contributed by atoms with Crippen molar-refractivity contribution in [1.82, 2.24) is 9.88 Å². The van der Waals surface area contributed by atoms with Crippen LogP contribution in [0, 0.1) is 0 Å². The van der Waals surface area contributed by atoms with Gasteiger partial charge in [-0.3, -0.25) is 0 Å². The van der Waals surface area contributed by atoms with Gasteiger partial charge in [0.1, 0.15) is 0 Å². The van der Waals surface area contributed by atoms with Crippen LogP contribution in [-0.2, 0) is 6.54 Å². The first-order valence-electron chi connectivity index (χ1n) is 5.88. The molecule has 1 unspecified atom stereocenters. The monoisotopic (exact) mass is 282 g/mol. The van der Waals surface area contributed by atoms with Gasteiger partial charge >= 0.3 is 0 Å². The minimum absolute atomic E-state index is 0.311. The molecule has 0 aliphatic carbocycles. The van der Waals surface area contributed by atoms with Crippen molar-refractivity contribution in [2.75, 3.05) is 7.05 Å². The van der Waals surface area contributed by atoms with Crippen molar-refractivity contribution < 1.29 is 0 Å². The zero-order valence-corrected chi connectivity index (χ0v) is 12.0. The summed E-state index contributed by atoms with van der Waals surface area (Å²) in [7, 11) is 1.96. The third kappa shape index (κ3) is 2.89. The maximum atomic E-state index is 6.20. The summed E-state index contributed by atoms with van der Waals surface area (Å²) in [6.45, 7) is 2.89. The Morgan fingerprint density at radius 2 is 2.06 bits per heavy atom. The van der Waals surface area contributed by atoms with E-state index < -0.39 is 0 Å². The van der Waals surface area contributed by atoms with Gasteiger partial charge in [0.15, 0.2) is 0 Å². The molecule has 96 valence electrons. The number of rotatable bonds is 4. The second-order valence-electron chi connectivity index (χ2n) is 4.31. The molecule has 2 aromatic rings. The van der Waals surface area contributed by atoms with E-state index in [9.17, 15) is 0 Å². The smallest absolute Gasteiger partial charge is 0.0488 e. The van der Waals surface area contributed by atoms with Crippen molar-refractivity contribution in [2.24, 2.45) is 0 Å². The Morgan fingerprint density at radius 1 is 1.28 bits per heavy atom. The molecule has 2 nitrogen and oxygen atoms in total. The molecule has 0 radical (unpaired) electrons. The second kappa shape index (κ2) is 5.79. The van der Waals surface area contributed by atoms with Gasteiger partial charge in [0, 0.05) is 34.5 Å². The molecule has 1 heterocycles. The van der Waals surface area contributed by atoms with Gasteiger partial charge in [-0.05, 0) is 43.8 Å². The molecule has 18 heavy (non-hydrogen) atoms. The lowest BCUT2D eigenvalue weighted by Crippen LogP contribution is -2.17.